The predicted molar refractivity (Wildman–Crippen MR) is 119 cm³/mol. The zero-order valence-corrected chi connectivity index (χ0v) is 18.2. The van der Waals surface area contributed by atoms with Crippen LogP contribution < -0.4 is 21.9 Å². The van der Waals surface area contributed by atoms with Gasteiger partial charge in [-0.1, -0.05) is 28.1 Å². The molecule has 0 aliphatic carbocycles. The molecule has 0 unspecified atom stereocenters. The summed E-state index contributed by atoms with van der Waals surface area (Å²) in [5.41, 5.74) is 4.29. The van der Waals surface area contributed by atoms with E-state index in [1.54, 1.807) is 24.3 Å². The van der Waals surface area contributed by atoms with E-state index in [0.29, 0.717) is 22.3 Å². The molecule has 3 rings (SSSR count). The van der Waals surface area contributed by atoms with Gasteiger partial charge in [0.15, 0.2) is 0 Å². The van der Waals surface area contributed by atoms with Crippen LogP contribution in [0.25, 0.3) is 0 Å². The van der Waals surface area contributed by atoms with Crippen molar-refractivity contribution in [2.75, 3.05) is 44.7 Å². The Morgan fingerprint density at radius 2 is 1.90 bits per heavy atom. The molecule has 5 N–H and O–H groups in total. The fourth-order valence-electron chi connectivity index (χ4n) is 3.20. The number of anilines is 1. The Morgan fingerprint density at radius 1 is 1.10 bits per heavy atom. The average molecular weight is 476 g/mol. The van der Waals surface area contributed by atoms with Crippen molar-refractivity contribution in [2.24, 2.45) is 5.84 Å². The van der Waals surface area contributed by atoms with E-state index in [9.17, 15) is 9.59 Å². The Hall–Kier alpha value is -2.30. The first-order valence-corrected chi connectivity index (χ1v) is 10.6. The van der Waals surface area contributed by atoms with E-state index in [1.165, 1.54) is 0 Å². The van der Waals surface area contributed by atoms with Gasteiger partial charge in [0.2, 0.25) is 0 Å². The largest absolute Gasteiger partial charge is 0.379 e. The molecule has 1 heterocycles. The minimum absolute atomic E-state index is 0.279. The molecule has 0 atom stereocenters. The van der Waals surface area contributed by atoms with Crippen LogP contribution in [0.4, 0.5) is 5.69 Å². The molecule has 30 heavy (non-hydrogen) atoms. The molecule has 1 aliphatic heterocycles. The van der Waals surface area contributed by atoms with Crippen molar-refractivity contribution in [3.8, 4) is 0 Å². The van der Waals surface area contributed by atoms with Gasteiger partial charge in [0, 0.05) is 42.8 Å². The van der Waals surface area contributed by atoms with E-state index in [2.05, 4.69) is 36.9 Å². The number of benzene rings is 2. The van der Waals surface area contributed by atoms with Crippen molar-refractivity contribution >= 4 is 33.4 Å². The zero-order valence-electron chi connectivity index (χ0n) is 16.6. The third kappa shape index (κ3) is 6.35. The third-order valence-electron chi connectivity index (χ3n) is 4.83. The maximum Gasteiger partial charge on any atom is 0.267 e. The van der Waals surface area contributed by atoms with Crippen LogP contribution in [0.3, 0.4) is 0 Å². The van der Waals surface area contributed by atoms with Crippen LogP contribution in [-0.2, 0) is 11.3 Å². The van der Waals surface area contributed by atoms with Gasteiger partial charge in [-0.2, -0.15) is 0 Å². The van der Waals surface area contributed by atoms with Gasteiger partial charge in [-0.05, 0) is 35.9 Å². The third-order valence-corrected chi connectivity index (χ3v) is 5.33. The molecule has 1 saturated heterocycles. The fraction of sp³-hybridized carbons (Fsp3) is 0.333. The van der Waals surface area contributed by atoms with E-state index < -0.39 is 5.91 Å². The molecule has 160 valence electrons. The smallest absolute Gasteiger partial charge is 0.267 e. The van der Waals surface area contributed by atoms with Crippen LogP contribution in [0.2, 0.25) is 0 Å². The summed E-state index contributed by atoms with van der Waals surface area (Å²) in [5, 5.41) is 6.21. The molecule has 0 spiro atoms. The molecule has 9 heteroatoms. The van der Waals surface area contributed by atoms with Crippen LogP contribution in [-0.4, -0.2) is 56.1 Å². The molecule has 0 bridgehead atoms. The Bertz CT molecular complexity index is 887. The van der Waals surface area contributed by atoms with E-state index >= 15 is 0 Å². The number of hydrazine groups is 1. The van der Waals surface area contributed by atoms with Crippen molar-refractivity contribution in [3.05, 3.63) is 63.6 Å². The lowest BCUT2D eigenvalue weighted by atomic mass is 10.1. The van der Waals surface area contributed by atoms with Gasteiger partial charge in [0.05, 0.1) is 24.5 Å². The highest BCUT2D eigenvalue weighted by molar-refractivity contribution is 9.10. The Labute approximate surface area is 184 Å². The number of halogens is 1. The second-order valence-corrected chi connectivity index (χ2v) is 7.86. The van der Waals surface area contributed by atoms with Crippen LogP contribution in [0.1, 0.15) is 26.3 Å². The number of hydrogen-bond acceptors (Lipinski definition) is 6. The van der Waals surface area contributed by atoms with Gasteiger partial charge in [-0.15, -0.1) is 0 Å². The van der Waals surface area contributed by atoms with Gasteiger partial charge >= 0.3 is 0 Å². The lowest BCUT2D eigenvalue weighted by Gasteiger charge is -2.26. The van der Waals surface area contributed by atoms with Crippen molar-refractivity contribution in [1.29, 1.82) is 0 Å². The minimum atomic E-state index is -0.482. The highest BCUT2D eigenvalue weighted by Crippen LogP contribution is 2.22. The molecule has 2 aromatic rings. The normalized spacial score (nSPS) is 14.3. The lowest BCUT2D eigenvalue weighted by molar-refractivity contribution is 0.0384. The number of amides is 2. The summed E-state index contributed by atoms with van der Waals surface area (Å²) in [7, 11) is 0. The monoisotopic (exact) mass is 475 g/mol. The maximum atomic E-state index is 12.7. The Kier molecular flexibility index (Phi) is 8.35. The van der Waals surface area contributed by atoms with Crippen molar-refractivity contribution < 1.29 is 14.3 Å². The summed E-state index contributed by atoms with van der Waals surface area (Å²) in [6.07, 6.45) is 0. The number of carbonyl (C=O) groups is 2. The summed E-state index contributed by atoms with van der Waals surface area (Å²) in [6.45, 7) is 6.04. The molecule has 0 radical (unpaired) electrons. The maximum absolute atomic E-state index is 12.7. The van der Waals surface area contributed by atoms with Crippen LogP contribution in [0, 0.1) is 0 Å². The first-order chi connectivity index (χ1) is 14.6. The van der Waals surface area contributed by atoms with E-state index in [1.807, 2.05) is 18.2 Å². The molecule has 2 aromatic carbocycles. The predicted octanol–water partition coefficient (Wildman–Crippen LogP) is 1.73. The van der Waals surface area contributed by atoms with E-state index in [0.717, 1.165) is 45.0 Å². The summed E-state index contributed by atoms with van der Waals surface area (Å²) >= 11 is 3.32. The van der Waals surface area contributed by atoms with Crippen LogP contribution in [0.15, 0.2) is 46.9 Å². The quantitative estimate of drug-likeness (QED) is 0.200. The van der Waals surface area contributed by atoms with Crippen LogP contribution >= 0.6 is 15.9 Å². The highest BCUT2D eigenvalue weighted by atomic mass is 79.9. The molecule has 8 nitrogen and oxygen atoms in total. The molecule has 2 amide bonds. The molecular weight excluding hydrogens is 450 g/mol. The standard InChI is InChI=1S/C21H26BrN5O3/c22-17-4-5-19(18(13-17)21(29)26-23)25-20(28)16-3-1-2-15(12-16)14-24-6-7-27-8-10-30-11-9-27/h1-5,12-13,24H,6-11,14,23H2,(H,25,28)(H,26,29). The van der Waals surface area contributed by atoms with Gasteiger partial charge < -0.3 is 15.4 Å². The molecular formula is C21H26BrN5O3. The first kappa shape index (κ1) is 22.4. The second-order valence-electron chi connectivity index (χ2n) is 6.95. The average Bonchev–Trinajstić information content (AvgIpc) is 2.78. The molecule has 0 saturated carbocycles. The first-order valence-electron chi connectivity index (χ1n) is 9.78. The number of nitrogens with one attached hydrogen (secondary N) is 3. The number of rotatable bonds is 8. The summed E-state index contributed by atoms with van der Waals surface area (Å²) in [6, 6.07) is 12.4. The Morgan fingerprint density at radius 3 is 2.67 bits per heavy atom. The highest BCUT2D eigenvalue weighted by Gasteiger charge is 2.15. The number of nitrogens with two attached hydrogens (primary N) is 1. The molecule has 1 fully saturated rings. The second kappa shape index (κ2) is 11.2. The lowest BCUT2D eigenvalue weighted by Crippen LogP contribution is -2.40. The van der Waals surface area contributed by atoms with Crippen molar-refractivity contribution in [3.63, 3.8) is 0 Å². The molecule has 1 aliphatic rings. The van der Waals surface area contributed by atoms with Gasteiger partial charge in [-0.3, -0.25) is 19.9 Å². The summed E-state index contributed by atoms with van der Waals surface area (Å²) < 4.78 is 6.07. The SMILES string of the molecule is NNC(=O)c1cc(Br)ccc1NC(=O)c1cccc(CNCCN2CCOCC2)c1. The number of ether oxygens (including phenoxy) is 1. The molecule has 0 aromatic heterocycles. The summed E-state index contributed by atoms with van der Waals surface area (Å²) in [5.74, 6) is 4.47. The van der Waals surface area contributed by atoms with Gasteiger partial charge in [0.25, 0.3) is 11.8 Å². The fourth-order valence-corrected chi connectivity index (χ4v) is 3.56. The summed E-state index contributed by atoms with van der Waals surface area (Å²) in [4.78, 5) is 27.1. The number of nitrogens with zero attached hydrogens (tertiary/aromatic N) is 1. The van der Waals surface area contributed by atoms with E-state index in [-0.39, 0.29) is 11.5 Å². The van der Waals surface area contributed by atoms with Gasteiger partial charge in [0.1, 0.15) is 0 Å². The van der Waals surface area contributed by atoms with Crippen molar-refractivity contribution in [1.82, 2.24) is 15.6 Å². The van der Waals surface area contributed by atoms with Gasteiger partial charge in [-0.25, -0.2) is 5.84 Å². The number of hydrogen-bond donors (Lipinski definition) is 4. The number of nitrogen functional groups attached to an aromatic ring is 1. The van der Waals surface area contributed by atoms with Crippen LogP contribution in [0.5, 0.6) is 0 Å². The van der Waals surface area contributed by atoms with E-state index in [4.69, 9.17) is 10.6 Å². The zero-order chi connectivity index (χ0) is 21.3. The topological polar surface area (TPSA) is 109 Å². The minimum Gasteiger partial charge on any atom is -0.379 e. The van der Waals surface area contributed by atoms with Crippen molar-refractivity contribution in [2.45, 2.75) is 6.54 Å². The number of carbonyl (C=O) groups excluding carboxylic acids is 2. The Balaban J connectivity index is 1.57. The number of morpholine rings is 1.